The fraction of sp³-hybridized carbons (Fsp3) is 0.0714. The fourth-order valence-electron chi connectivity index (χ4n) is 1.69. The largest absolute Gasteiger partial charge is 0.283 e. The van der Waals surface area contributed by atoms with Crippen LogP contribution in [-0.4, -0.2) is 19.3 Å². The summed E-state index contributed by atoms with van der Waals surface area (Å²) in [6, 6.07) is 10.5. The Bertz CT molecular complexity index is 888. The van der Waals surface area contributed by atoms with Crippen molar-refractivity contribution in [1.29, 1.82) is 5.26 Å². The van der Waals surface area contributed by atoms with E-state index in [0.29, 0.717) is 10.2 Å². The Balaban J connectivity index is 2.34. The fourth-order valence-corrected chi connectivity index (χ4v) is 3.36. The third-order valence-electron chi connectivity index (χ3n) is 2.66. The van der Waals surface area contributed by atoms with E-state index in [2.05, 4.69) is 20.9 Å². The summed E-state index contributed by atoms with van der Waals surface area (Å²) in [6.45, 7) is 1.69. The van der Waals surface area contributed by atoms with Crippen LogP contribution in [0.4, 0.5) is 0 Å². The Kier molecular flexibility index (Phi) is 4.59. The first-order chi connectivity index (χ1) is 10.3. The van der Waals surface area contributed by atoms with Gasteiger partial charge in [0, 0.05) is 10.2 Å². The van der Waals surface area contributed by atoms with Crippen LogP contribution in [0, 0.1) is 18.3 Å². The summed E-state index contributed by atoms with van der Waals surface area (Å²) in [4.78, 5) is 15.8. The Hall–Kier alpha value is -2.24. The number of halogens is 1. The van der Waals surface area contributed by atoms with Crippen LogP contribution in [0.3, 0.4) is 0 Å². The highest BCUT2D eigenvalue weighted by molar-refractivity contribution is 9.10. The van der Waals surface area contributed by atoms with Crippen molar-refractivity contribution in [3.8, 4) is 6.07 Å². The van der Waals surface area contributed by atoms with E-state index in [1.165, 1.54) is 24.3 Å². The number of aromatic nitrogens is 1. The number of nitrogens with zero attached hydrogens (tertiary/aromatic N) is 2. The second-order valence-electron chi connectivity index (χ2n) is 4.39. The zero-order chi connectivity index (χ0) is 16.3. The van der Waals surface area contributed by atoms with Gasteiger partial charge in [0.1, 0.15) is 5.69 Å². The average molecular weight is 380 g/mol. The number of nitrogens with one attached hydrogen (secondary N) is 1. The minimum atomic E-state index is -4.10. The Morgan fingerprint density at radius 3 is 2.68 bits per heavy atom. The van der Waals surface area contributed by atoms with Gasteiger partial charge in [-0.3, -0.25) is 4.79 Å². The third-order valence-corrected chi connectivity index (χ3v) is 4.43. The number of benzene rings is 1. The molecule has 1 aromatic heterocycles. The molecule has 22 heavy (non-hydrogen) atoms. The summed E-state index contributed by atoms with van der Waals surface area (Å²) in [6.07, 6.45) is 0. The Morgan fingerprint density at radius 1 is 1.32 bits per heavy atom. The number of pyridine rings is 1. The Labute approximate surface area is 136 Å². The average Bonchev–Trinajstić information content (AvgIpc) is 2.46. The molecule has 112 valence electrons. The van der Waals surface area contributed by atoms with E-state index >= 15 is 0 Å². The van der Waals surface area contributed by atoms with E-state index in [-0.39, 0.29) is 16.2 Å². The minimum absolute atomic E-state index is 0.000853. The number of carbonyl (C=O) groups is 1. The van der Waals surface area contributed by atoms with Crippen LogP contribution < -0.4 is 4.72 Å². The minimum Gasteiger partial charge on any atom is -0.266 e. The number of nitriles is 1. The molecule has 0 spiro atoms. The second kappa shape index (κ2) is 6.25. The molecule has 0 aliphatic carbocycles. The maximum absolute atomic E-state index is 12.2. The topological polar surface area (TPSA) is 99.9 Å². The molecule has 0 atom stereocenters. The highest BCUT2D eigenvalue weighted by Gasteiger charge is 2.20. The van der Waals surface area contributed by atoms with Crippen LogP contribution in [0.1, 0.15) is 21.7 Å². The lowest BCUT2D eigenvalue weighted by molar-refractivity contribution is 0.0976. The maximum Gasteiger partial charge on any atom is 0.283 e. The van der Waals surface area contributed by atoms with Gasteiger partial charge >= 0.3 is 0 Å². The predicted octanol–water partition coefficient (Wildman–Crippen LogP) is 2.14. The first-order valence-electron chi connectivity index (χ1n) is 6.03. The van der Waals surface area contributed by atoms with Gasteiger partial charge in [-0.1, -0.05) is 22.0 Å². The van der Waals surface area contributed by atoms with Crippen molar-refractivity contribution in [3.63, 3.8) is 0 Å². The van der Waals surface area contributed by atoms with Crippen molar-refractivity contribution in [2.45, 2.75) is 11.8 Å². The number of carbonyl (C=O) groups excluding carboxylic acids is 1. The maximum atomic E-state index is 12.2. The van der Waals surface area contributed by atoms with Crippen LogP contribution in [0.15, 0.2) is 45.8 Å². The lowest BCUT2D eigenvalue weighted by atomic mass is 10.2. The first kappa shape index (κ1) is 16.1. The molecule has 0 bridgehead atoms. The highest BCUT2D eigenvalue weighted by atomic mass is 79.9. The molecule has 0 saturated carbocycles. The summed E-state index contributed by atoms with van der Waals surface area (Å²) in [5.74, 6) is -0.831. The van der Waals surface area contributed by atoms with Gasteiger partial charge in [0.25, 0.3) is 15.9 Å². The highest BCUT2D eigenvalue weighted by Crippen LogP contribution is 2.19. The van der Waals surface area contributed by atoms with E-state index in [4.69, 9.17) is 5.26 Å². The summed E-state index contributed by atoms with van der Waals surface area (Å²) in [7, 11) is -4.10. The van der Waals surface area contributed by atoms with Gasteiger partial charge in [-0.05, 0) is 37.3 Å². The summed E-state index contributed by atoms with van der Waals surface area (Å²) >= 11 is 3.13. The third kappa shape index (κ3) is 3.69. The molecule has 2 rings (SSSR count). The lowest BCUT2D eigenvalue weighted by Crippen LogP contribution is -2.31. The monoisotopic (exact) mass is 379 g/mol. The molecule has 1 aromatic carbocycles. The van der Waals surface area contributed by atoms with E-state index in [0.717, 1.165) is 0 Å². The first-order valence-corrected chi connectivity index (χ1v) is 8.31. The van der Waals surface area contributed by atoms with Gasteiger partial charge in [0.15, 0.2) is 0 Å². The van der Waals surface area contributed by atoms with Gasteiger partial charge in [0.05, 0.1) is 16.5 Å². The van der Waals surface area contributed by atoms with Gasteiger partial charge in [-0.15, -0.1) is 0 Å². The van der Waals surface area contributed by atoms with Crippen LogP contribution in [0.25, 0.3) is 0 Å². The van der Waals surface area contributed by atoms with Crippen molar-refractivity contribution in [1.82, 2.24) is 9.71 Å². The molecule has 0 unspecified atom stereocenters. The lowest BCUT2D eigenvalue weighted by Gasteiger charge is -2.08. The van der Waals surface area contributed by atoms with Gasteiger partial charge < -0.3 is 0 Å². The van der Waals surface area contributed by atoms with Crippen molar-refractivity contribution in [2.24, 2.45) is 0 Å². The van der Waals surface area contributed by atoms with Crippen LogP contribution in [0.5, 0.6) is 0 Å². The molecule has 0 fully saturated rings. The number of rotatable bonds is 3. The molecule has 2 aromatic rings. The van der Waals surface area contributed by atoms with E-state index in [1.807, 2.05) is 10.8 Å². The van der Waals surface area contributed by atoms with E-state index < -0.39 is 15.9 Å². The van der Waals surface area contributed by atoms with Crippen molar-refractivity contribution in [3.05, 3.63) is 57.8 Å². The molecule has 0 radical (unpaired) electrons. The summed E-state index contributed by atoms with van der Waals surface area (Å²) in [5, 5.41) is 8.88. The predicted molar refractivity (Wildman–Crippen MR) is 82.5 cm³/mol. The zero-order valence-corrected chi connectivity index (χ0v) is 13.8. The molecule has 8 heteroatoms. The SMILES string of the molecule is Cc1cccc(C(=O)NS(=O)(=O)c2cc(Br)cc(C#N)c2)n1. The summed E-state index contributed by atoms with van der Waals surface area (Å²) in [5.41, 5.74) is 0.759. The van der Waals surface area contributed by atoms with Crippen molar-refractivity contribution < 1.29 is 13.2 Å². The Morgan fingerprint density at radius 2 is 2.05 bits per heavy atom. The number of hydrogen-bond acceptors (Lipinski definition) is 5. The van der Waals surface area contributed by atoms with Crippen molar-refractivity contribution >= 4 is 31.9 Å². The molecule has 1 heterocycles. The number of amides is 1. The summed E-state index contributed by atoms with van der Waals surface area (Å²) < 4.78 is 26.8. The standard InChI is InChI=1S/C14H10BrN3O3S/c1-9-3-2-4-13(17-9)14(19)18-22(20,21)12-6-10(8-16)5-11(15)7-12/h2-7H,1H3,(H,18,19). The number of aryl methyl sites for hydroxylation is 1. The van der Waals surface area contributed by atoms with Crippen LogP contribution in [-0.2, 0) is 10.0 Å². The molecular formula is C14H10BrN3O3S. The van der Waals surface area contributed by atoms with Gasteiger partial charge in [-0.2, -0.15) is 5.26 Å². The molecule has 0 aliphatic rings. The molecule has 0 saturated heterocycles. The molecule has 6 nitrogen and oxygen atoms in total. The molecule has 0 aliphatic heterocycles. The van der Waals surface area contributed by atoms with Crippen LogP contribution in [0.2, 0.25) is 0 Å². The van der Waals surface area contributed by atoms with E-state index in [1.54, 1.807) is 19.1 Å². The van der Waals surface area contributed by atoms with Gasteiger partial charge in [0.2, 0.25) is 0 Å². The molecule has 1 N–H and O–H groups in total. The van der Waals surface area contributed by atoms with Crippen LogP contribution >= 0.6 is 15.9 Å². The smallest absolute Gasteiger partial charge is 0.266 e. The quantitative estimate of drug-likeness (QED) is 0.880. The van der Waals surface area contributed by atoms with E-state index in [9.17, 15) is 13.2 Å². The zero-order valence-electron chi connectivity index (χ0n) is 11.4. The number of hydrogen-bond donors (Lipinski definition) is 1. The molecule has 1 amide bonds. The van der Waals surface area contributed by atoms with Crippen molar-refractivity contribution in [2.75, 3.05) is 0 Å². The normalized spacial score (nSPS) is 10.8. The van der Waals surface area contributed by atoms with Gasteiger partial charge in [-0.25, -0.2) is 18.1 Å². The molecular weight excluding hydrogens is 370 g/mol. The second-order valence-corrected chi connectivity index (χ2v) is 6.98. The number of sulfonamides is 1.